The largest absolute Gasteiger partial charge is 0.477 e. The smallest absolute Gasteiger partial charge is 0.411 e. The van der Waals surface area contributed by atoms with E-state index in [1.54, 1.807) is 6.07 Å². The molecular formula is C42H47F4N7O6. The van der Waals surface area contributed by atoms with Gasteiger partial charge in [0.15, 0.2) is 5.82 Å². The number of hydrogen-bond donors (Lipinski definition) is 7. The average Bonchev–Trinajstić information content (AvgIpc) is 3.73. The zero-order valence-electron chi connectivity index (χ0n) is 32.3. The van der Waals surface area contributed by atoms with E-state index < -0.39 is 35.6 Å². The van der Waals surface area contributed by atoms with Crippen molar-refractivity contribution in [1.82, 2.24) is 25.8 Å². The van der Waals surface area contributed by atoms with Gasteiger partial charge in [-0.25, -0.2) is 4.79 Å². The van der Waals surface area contributed by atoms with Crippen molar-refractivity contribution in [2.45, 2.75) is 94.7 Å². The summed E-state index contributed by atoms with van der Waals surface area (Å²) in [5.74, 6) is -16.5. The number of nitrogens with two attached hydrogens (primary N) is 1. The van der Waals surface area contributed by atoms with Gasteiger partial charge in [0.2, 0.25) is 17.6 Å². The Bertz CT molecular complexity index is 2130. The third kappa shape index (κ3) is 9.96. The molecule has 3 amide bonds. The van der Waals surface area contributed by atoms with Crippen molar-refractivity contribution in [2.75, 3.05) is 11.9 Å². The topological polar surface area (TPSA) is 212 Å². The Morgan fingerprint density at radius 1 is 0.864 bits per heavy atom. The summed E-state index contributed by atoms with van der Waals surface area (Å²) >= 11 is 0. The number of H-pyrrole nitrogens is 1. The number of aliphatic carboxylic acids is 1. The van der Waals surface area contributed by atoms with Crippen LogP contribution in [0, 0.1) is 18.8 Å². The van der Waals surface area contributed by atoms with Gasteiger partial charge in [0.05, 0.1) is 6.10 Å². The molecule has 3 aromatic carbocycles. The molecule has 17 heteroatoms. The van der Waals surface area contributed by atoms with Gasteiger partial charge in [-0.3, -0.25) is 14.4 Å². The third-order valence-corrected chi connectivity index (χ3v) is 11.3. The van der Waals surface area contributed by atoms with Gasteiger partial charge in [0, 0.05) is 35.2 Å². The third-order valence-electron chi connectivity index (χ3n) is 11.3. The Balaban J connectivity index is 1.14. The fourth-order valence-corrected chi connectivity index (χ4v) is 7.59. The number of carbonyl (C=O) groups excluding carboxylic acids is 3. The lowest BCUT2D eigenvalue weighted by Crippen LogP contribution is -2.48. The molecule has 1 heterocycles. The number of carboxylic acids is 1. The fourth-order valence-electron chi connectivity index (χ4n) is 7.59. The number of carbonyl (C=O) groups is 4. The molecule has 6 rings (SSSR count). The van der Waals surface area contributed by atoms with Gasteiger partial charge < -0.3 is 36.9 Å². The van der Waals surface area contributed by atoms with Crippen LogP contribution < -0.4 is 21.7 Å². The number of anilines is 1. The van der Waals surface area contributed by atoms with Crippen LogP contribution in [0.15, 0.2) is 66.7 Å². The summed E-state index contributed by atoms with van der Waals surface area (Å²) in [4.78, 5) is 52.9. The van der Waals surface area contributed by atoms with Crippen molar-refractivity contribution in [1.29, 1.82) is 0 Å². The zero-order chi connectivity index (χ0) is 42.5. The van der Waals surface area contributed by atoms with Crippen LogP contribution in [0.1, 0.15) is 78.7 Å². The number of carboxylic acid groups (broad SMARTS) is 1. The Labute approximate surface area is 337 Å². The molecule has 0 saturated heterocycles. The van der Waals surface area contributed by atoms with Crippen LogP contribution in [0.3, 0.4) is 0 Å². The van der Waals surface area contributed by atoms with Crippen LogP contribution in [0.25, 0.3) is 22.5 Å². The average molecular weight is 822 g/mol. The van der Waals surface area contributed by atoms with Gasteiger partial charge in [-0.1, -0.05) is 30.3 Å². The highest BCUT2D eigenvalue weighted by atomic mass is 19.3. The molecule has 4 aromatic rings. The lowest BCUT2D eigenvalue weighted by molar-refractivity contribution is -0.231. The molecule has 0 radical (unpaired) electrons. The Morgan fingerprint density at radius 3 is 2.12 bits per heavy atom. The van der Waals surface area contributed by atoms with E-state index in [0.29, 0.717) is 43.7 Å². The lowest BCUT2D eigenvalue weighted by Gasteiger charge is -2.28. The minimum Gasteiger partial charge on any atom is -0.477 e. The van der Waals surface area contributed by atoms with Crippen LogP contribution in [0.4, 0.5) is 23.2 Å². The number of aromatic amines is 1. The first-order chi connectivity index (χ1) is 28.0. The molecule has 314 valence electrons. The molecule has 8 N–H and O–H groups in total. The van der Waals surface area contributed by atoms with E-state index >= 15 is 0 Å². The molecule has 59 heavy (non-hydrogen) atoms. The highest BCUT2D eigenvalue weighted by Crippen LogP contribution is 2.42. The van der Waals surface area contributed by atoms with Gasteiger partial charge in [0.25, 0.3) is 5.91 Å². The molecule has 0 bridgehead atoms. The van der Waals surface area contributed by atoms with E-state index in [4.69, 9.17) is 10.8 Å². The van der Waals surface area contributed by atoms with Crippen molar-refractivity contribution in [3.05, 3.63) is 89.2 Å². The highest BCUT2D eigenvalue weighted by Gasteiger charge is 2.65. The van der Waals surface area contributed by atoms with Crippen molar-refractivity contribution >= 4 is 29.4 Å². The molecule has 2 aliphatic carbocycles. The number of nitrogens with one attached hydrogen (secondary N) is 4. The number of alkyl halides is 4. The van der Waals surface area contributed by atoms with Gasteiger partial charge >= 0.3 is 17.8 Å². The summed E-state index contributed by atoms with van der Waals surface area (Å²) in [5.41, 5.74) is 10.2. The van der Waals surface area contributed by atoms with Crippen molar-refractivity contribution < 1.29 is 47.0 Å². The molecular weight excluding hydrogens is 774 g/mol. The van der Waals surface area contributed by atoms with Gasteiger partial charge in [-0.15, -0.1) is 10.2 Å². The standard InChI is InChI=1S/C42H47F4N7O6/c1-23-20-29(37(56)48-31-15-17-32(54)18-16-31)12-19-33(23)26-6-2-24(3-7-26)21-34(50-36(55)28-8-4-25(22-47)5-9-28)38(57)49-30-13-10-27(11-14-30)35-51-39(53-52-35)41(43,44)42(45,46)40(58)59/h2-3,6-7,10-14,19-20,25,28,31-32,34,54H,4-5,8-9,15-18,21-22,47H2,1H3,(H,48,56)(H,49,57)(H,50,55)(H,58,59)(H,51,52,53)/t25?,28?,31-,32-,34-/m1/s1. The number of halogens is 4. The molecule has 2 saturated carbocycles. The highest BCUT2D eigenvalue weighted by molar-refractivity contribution is 5.98. The first-order valence-corrected chi connectivity index (χ1v) is 19.6. The number of rotatable bonds is 14. The summed E-state index contributed by atoms with van der Waals surface area (Å²) < 4.78 is 55.9. The van der Waals surface area contributed by atoms with Crippen molar-refractivity contribution in [3.8, 4) is 22.5 Å². The predicted octanol–water partition coefficient (Wildman–Crippen LogP) is 5.72. The van der Waals surface area contributed by atoms with Gasteiger partial charge in [-0.2, -0.15) is 17.6 Å². The number of aryl methyl sites for hydroxylation is 1. The lowest BCUT2D eigenvalue weighted by atomic mass is 9.81. The van der Waals surface area contributed by atoms with E-state index in [9.17, 15) is 41.8 Å². The maximum absolute atomic E-state index is 14.3. The van der Waals surface area contributed by atoms with Crippen molar-refractivity contribution in [2.24, 2.45) is 17.6 Å². The van der Waals surface area contributed by atoms with E-state index in [1.165, 1.54) is 24.3 Å². The molecule has 13 nitrogen and oxygen atoms in total. The first-order valence-electron chi connectivity index (χ1n) is 19.6. The molecule has 1 aromatic heterocycles. The molecule has 0 spiro atoms. The monoisotopic (exact) mass is 821 g/mol. The van der Waals surface area contributed by atoms with E-state index in [2.05, 4.69) is 26.1 Å². The number of aromatic nitrogens is 3. The number of aliphatic hydroxyl groups is 1. The van der Waals surface area contributed by atoms with Gasteiger partial charge in [-0.05, 0) is 129 Å². The fraction of sp³-hybridized carbons (Fsp3) is 0.429. The first kappa shape index (κ1) is 42.9. The van der Waals surface area contributed by atoms with Crippen LogP contribution in [-0.4, -0.2) is 79.7 Å². The molecule has 1 atom stereocenters. The normalized spacial score (nSPS) is 20.3. The summed E-state index contributed by atoms with van der Waals surface area (Å²) in [7, 11) is 0. The molecule has 2 aliphatic rings. The Kier molecular flexibility index (Phi) is 13.1. The minimum absolute atomic E-state index is 0.0295. The van der Waals surface area contributed by atoms with E-state index in [0.717, 1.165) is 47.9 Å². The Hall–Kier alpha value is -5.68. The summed E-state index contributed by atoms with van der Waals surface area (Å²) in [6.45, 7) is 2.47. The summed E-state index contributed by atoms with van der Waals surface area (Å²) in [6.07, 6.45) is 5.53. The van der Waals surface area contributed by atoms with Gasteiger partial charge in [0.1, 0.15) is 6.04 Å². The predicted molar refractivity (Wildman–Crippen MR) is 209 cm³/mol. The SMILES string of the molecule is Cc1cc(C(=O)N[C@H]2CC[C@H](O)CC2)ccc1-c1ccc(C[C@@H](NC(=O)C2CCC(CN)CC2)C(=O)Nc2ccc(-c3nnc(C(F)(F)C(F)(F)C(=O)O)[nH]3)cc2)cc1. The Morgan fingerprint density at radius 2 is 1.51 bits per heavy atom. The van der Waals surface area contributed by atoms with E-state index in [-0.39, 0.29) is 53.4 Å². The summed E-state index contributed by atoms with van der Waals surface area (Å²) in [6, 6.07) is 17.6. The number of nitrogens with zero attached hydrogens (tertiary/aromatic N) is 2. The van der Waals surface area contributed by atoms with Crippen LogP contribution >= 0.6 is 0 Å². The summed E-state index contributed by atoms with van der Waals surface area (Å²) in [5, 5.41) is 33.6. The number of aliphatic hydroxyl groups excluding tert-OH is 1. The zero-order valence-corrected chi connectivity index (χ0v) is 32.3. The van der Waals surface area contributed by atoms with Crippen LogP contribution in [-0.2, 0) is 26.7 Å². The quantitative estimate of drug-likeness (QED) is 0.0774. The second kappa shape index (κ2) is 18.1. The second-order valence-electron chi connectivity index (χ2n) is 15.5. The second-order valence-corrected chi connectivity index (χ2v) is 15.5. The maximum Gasteiger partial charge on any atom is 0.411 e. The molecule has 0 aliphatic heterocycles. The van der Waals surface area contributed by atoms with Crippen molar-refractivity contribution in [3.63, 3.8) is 0 Å². The number of benzene rings is 3. The maximum atomic E-state index is 14.3. The number of hydrogen-bond acceptors (Lipinski definition) is 8. The van der Waals surface area contributed by atoms with Crippen LogP contribution in [0.5, 0.6) is 0 Å². The molecule has 2 fully saturated rings. The number of amides is 3. The molecule has 0 unspecified atom stereocenters. The minimum atomic E-state index is -5.44. The van der Waals surface area contributed by atoms with E-state index in [1.807, 2.05) is 48.3 Å². The van der Waals surface area contributed by atoms with Crippen LogP contribution in [0.2, 0.25) is 0 Å².